The lowest BCUT2D eigenvalue weighted by Gasteiger charge is -2.15. The number of nitrogens with one attached hydrogen (secondary N) is 2. The highest BCUT2D eigenvalue weighted by Crippen LogP contribution is 2.10. The molecule has 0 saturated carbocycles. The summed E-state index contributed by atoms with van der Waals surface area (Å²) in [6, 6.07) is 0. The summed E-state index contributed by atoms with van der Waals surface area (Å²) in [5, 5.41) is 7.07. The lowest BCUT2D eigenvalue weighted by molar-refractivity contribution is 0.416. The highest BCUT2D eigenvalue weighted by Gasteiger charge is 2.04. The molecule has 0 amide bonds. The van der Waals surface area contributed by atoms with E-state index in [1.54, 1.807) is 0 Å². The summed E-state index contributed by atoms with van der Waals surface area (Å²) in [4.78, 5) is 0. The zero-order chi connectivity index (χ0) is 12.9. The van der Waals surface area contributed by atoms with E-state index in [9.17, 15) is 0 Å². The Bertz CT molecular complexity index is 146. The summed E-state index contributed by atoms with van der Waals surface area (Å²) in [6.07, 6.45) is 6.67. The van der Waals surface area contributed by atoms with Gasteiger partial charge in [-0.2, -0.15) is 0 Å². The van der Waals surface area contributed by atoms with Crippen LogP contribution in [0.25, 0.3) is 0 Å². The van der Waals surface area contributed by atoms with Gasteiger partial charge >= 0.3 is 0 Å². The maximum atomic E-state index is 3.59. The highest BCUT2D eigenvalue weighted by atomic mass is 14.9. The molecule has 0 bridgehead atoms. The minimum absolute atomic E-state index is 0.765. The fraction of sp³-hybridized carbons (Fsp3) is 1.00. The smallest absolute Gasteiger partial charge is 0.00206 e. The second-order valence-corrected chi connectivity index (χ2v) is 5.57. The summed E-state index contributed by atoms with van der Waals surface area (Å²) in [5.74, 6) is 1.65. The number of rotatable bonds is 12. The zero-order valence-electron chi connectivity index (χ0n) is 12.5. The minimum Gasteiger partial charge on any atom is -0.316 e. The molecule has 2 nitrogen and oxygen atoms in total. The third-order valence-corrected chi connectivity index (χ3v) is 3.24. The first kappa shape index (κ1) is 16.9. The predicted octanol–water partition coefficient (Wildman–Crippen LogP) is 3.43. The van der Waals surface area contributed by atoms with E-state index < -0.39 is 0 Å². The van der Waals surface area contributed by atoms with Gasteiger partial charge < -0.3 is 10.6 Å². The van der Waals surface area contributed by atoms with Crippen molar-refractivity contribution in [3.63, 3.8) is 0 Å². The van der Waals surface area contributed by atoms with E-state index in [1.165, 1.54) is 38.6 Å². The minimum atomic E-state index is 0.765. The monoisotopic (exact) mass is 242 g/mol. The molecule has 17 heavy (non-hydrogen) atoms. The lowest BCUT2D eigenvalue weighted by atomic mass is 9.99. The maximum Gasteiger partial charge on any atom is -0.00206 e. The van der Waals surface area contributed by atoms with E-state index in [0.717, 1.165) is 31.5 Å². The van der Waals surface area contributed by atoms with Crippen molar-refractivity contribution in [2.24, 2.45) is 11.8 Å². The molecule has 0 aromatic heterocycles. The van der Waals surface area contributed by atoms with Gasteiger partial charge in [-0.25, -0.2) is 0 Å². The zero-order valence-corrected chi connectivity index (χ0v) is 12.5. The Morgan fingerprint density at radius 3 is 2.06 bits per heavy atom. The van der Waals surface area contributed by atoms with Crippen molar-refractivity contribution in [1.82, 2.24) is 10.6 Å². The molecule has 0 fully saturated rings. The Hall–Kier alpha value is -0.0800. The van der Waals surface area contributed by atoms with Gasteiger partial charge in [0.15, 0.2) is 0 Å². The molecule has 1 unspecified atom stereocenters. The van der Waals surface area contributed by atoms with Gasteiger partial charge in [0.1, 0.15) is 0 Å². The lowest BCUT2D eigenvalue weighted by Crippen LogP contribution is -2.27. The van der Waals surface area contributed by atoms with Crippen molar-refractivity contribution in [3.8, 4) is 0 Å². The summed E-state index contributed by atoms with van der Waals surface area (Å²) in [6.45, 7) is 13.8. The number of hydrogen-bond acceptors (Lipinski definition) is 2. The van der Waals surface area contributed by atoms with Gasteiger partial charge in [-0.1, -0.05) is 47.0 Å². The van der Waals surface area contributed by atoms with Crippen LogP contribution in [0.3, 0.4) is 0 Å². The van der Waals surface area contributed by atoms with Crippen LogP contribution in [0, 0.1) is 11.8 Å². The summed E-state index contributed by atoms with van der Waals surface area (Å²) in [7, 11) is 0. The Kier molecular flexibility index (Phi) is 12.3. The van der Waals surface area contributed by atoms with Crippen molar-refractivity contribution in [2.45, 2.75) is 59.8 Å². The molecule has 2 N–H and O–H groups in total. The van der Waals surface area contributed by atoms with E-state index in [2.05, 4.69) is 38.3 Å². The summed E-state index contributed by atoms with van der Waals surface area (Å²) < 4.78 is 0. The fourth-order valence-corrected chi connectivity index (χ4v) is 1.98. The summed E-state index contributed by atoms with van der Waals surface area (Å²) in [5.41, 5.74) is 0. The van der Waals surface area contributed by atoms with Gasteiger partial charge in [0.25, 0.3) is 0 Å². The van der Waals surface area contributed by atoms with E-state index in [-0.39, 0.29) is 0 Å². The fourth-order valence-electron chi connectivity index (χ4n) is 1.98. The molecule has 0 spiro atoms. The van der Waals surface area contributed by atoms with Gasteiger partial charge in [0.2, 0.25) is 0 Å². The van der Waals surface area contributed by atoms with Crippen molar-refractivity contribution in [1.29, 1.82) is 0 Å². The third kappa shape index (κ3) is 12.2. The molecule has 0 saturated heterocycles. The predicted molar refractivity (Wildman–Crippen MR) is 78.5 cm³/mol. The van der Waals surface area contributed by atoms with Gasteiger partial charge in [0.05, 0.1) is 0 Å². The van der Waals surface area contributed by atoms with E-state index in [4.69, 9.17) is 0 Å². The Labute approximate surface area is 109 Å². The highest BCUT2D eigenvalue weighted by molar-refractivity contribution is 4.61. The van der Waals surface area contributed by atoms with Crippen LogP contribution in [0.4, 0.5) is 0 Å². The summed E-state index contributed by atoms with van der Waals surface area (Å²) >= 11 is 0. The third-order valence-electron chi connectivity index (χ3n) is 3.24. The van der Waals surface area contributed by atoms with Crippen molar-refractivity contribution in [2.75, 3.05) is 26.2 Å². The molecule has 0 aliphatic carbocycles. The second-order valence-electron chi connectivity index (χ2n) is 5.57. The Morgan fingerprint density at radius 2 is 1.53 bits per heavy atom. The molecule has 0 radical (unpaired) electrons. The maximum absolute atomic E-state index is 3.59. The van der Waals surface area contributed by atoms with Crippen molar-refractivity contribution in [3.05, 3.63) is 0 Å². The molecule has 0 heterocycles. The molecule has 1 atom stereocenters. The van der Waals surface area contributed by atoms with Gasteiger partial charge in [-0.05, 0) is 50.9 Å². The van der Waals surface area contributed by atoms with Crippen LogP contribution in [0.1, 0.15) is 59.8 Å². The first-order valence-electron chi connectivity index (χ1n) is 7.62. The molecule has 0 rings (SSSR count). The molecule has 0 aliphatic rings. The van der Waals surface area contributed by atoms with Gasteiger partial charge in [-0.3, -0.25) is 0 Å². The first-order chi connectivity index (χ1) is 8.20. The normalized spacial score (nSPS) is 13.2. The average molecular weight is 242 g/mol. The van der Waals surface area contributed by atoms with Crippen LogP contribution < -0.4 is 10.6 Å². The van der Waals surface area contributed by atoms with Crippen molar-refractivity contribution < 1.29 is 0 Å². The van der Waals surface area contributed by atoms with Gasteiger partial charge in [-0.15, -0.1) is 0 Å². The van der Waals surface area contributed by atoms with Crippen molar-refractivity contribution >= 4 is 0 Å². The molecule has 104 valence electrons. The van der Waals surface area contributed by atoms with Crippen LogP contribution in [0.2, 0.25) is 0 Å². The van der Waals surface area contributed by atoms with E-state index >= 15 is 0 Å². The quantitative estimate of drug-likeness (QED) is 0.512. The number of unbranched alkanes of at least 4 members (excludes halogenated alkanes) is 1. The van der Waals surface area contributed by atoms with Crippen LogP contribution in [0.5, 0.6) is 0 Å². The molecule has 2 heteroatoms. The first-order valence-corrected chi connectivity index (χ1v) is 7.62. The second kappa shape index (κ2) is 12.4. The number of hydrogen-bond donors (Lipinski definition) is 2. The van der Waals surface area contributed by atoms with Crippen LogP contribution in [-0.2, 0) is 0 Å². The van der Waals surface area contributed by atoms with E-state index in [1.807, 2.05) is 0 Å². The largest absolute Gasteiger partial charge is 0.316 e. The SMILES string of the molecule is CCCCC(CC)CNCCCNCC(C)C. The average Bonchev–Trinajstić information content (AvgIpc) is 2.31. The van der Waals surface area contributed by atoms with Crippen LogP contribution in [0.15, 0.2) is 0 Å². The van der Waals surface area contributed by atoms with Gasteiger partial charge in [0, 0.05) is 0 Å². The Balaban J connectivity index is 3.24. The molecule has 0 aliphatic heterocycles. The van der Waals surface area contributed by atoms with E-state index in [0.29, 0.717) is 0 Å². The molecule has 0 aromatic rings. The van der Waals surface area contributed by atoms with Crippen LogP contribution >= 0.6 is 0 Å². The molecular weight excluding hydrogens is 208 g/mol. The molecular formula is C15H34N2. The Morgan fingerprint density at radius 1 is 0.882 bits per heavy atom. The molecule has 0 aromatic carbocycles. The topological polar surface area (TPSA) is 24.1 Å². The standard InChI is InChI=1S/C15H34N2/c1-5-7-9-15(6-2)13-17-11-8-10-16-12-14(3)4/h14-17H,5-13H2,1-4H3. The van der Waals surface area contributed by atoms with Crippen LogP contribution in [-0.4, -0.2) is 26.2 Å².